The number of rotatable bonds is 3. The highest BCUT2D eigenvalue weighted by Gasteiger charge is 2.82. The number of carbonyl (C=O) groups is 2. The number of hydrogen-bond donors (Lipinski definition) is 3. The average molecular weight is 388 g/mol. The number of amides is 1. The number of anilines is 1. The summed E-state index contributed by atoms with van der Waals surface area (Å²) in [6.45, 7) is 3.78. The van der Waals surface area contributed by atoms with E-state index < -0.39 is 28.8 Å². The fraction of sp³-hybridized carbons (Fsp3) is 0.300. The van der Waals surface area contributed by atoms with E-state index in [1.807, 2.05) is 13.8 Å². The van der Waals surface area contributed by atoms with Crippen LogP contribution < -0.4 is 16.2 Å². The van der Waals surface area contributed by atoms with E-state index in [4.69, 9.17) is 16.2 Å². The van der Waals surface area contributed by atoms with Gasteiger partial charge in [0.2, 0.25) is 5.41 Å². The standard InChI is InChI=1S/C20H18F2N2O4/c1-9(2)10-6-7-11-14(8-10)28-20(27)12-4-3-5-13(23)15(12)16(25)18(11,20)19(21,22)17(24)26/h3-9,27H,23H2,1-2H3,(H2,24,26). The van der Waals surface area contributed by atoms with Crippen molar-refractivity contribution in [1.29, 1.82) is 0 Å². The third-order valence-electron chi connectivity index (χ3n) is 5.65. The zero-order valence-electron chi connectivity index (χ0n) is 15.1. The number of primary amides is 1. The number of fused-ring (bicyclic) bond motifs is 5. The summed E-state index contributed by atoms with van der Waals surface area (Å²) in [5.41, 5.74) is 7.59. The summed E-state index contributed by atoms with van der Waals surface area (Å²) in [5.74, 6) is -10.6. The van der Waals surface area contributed by atoms with Crippen LogP contribution in [-0.4, -0.2) is 22.7 Å². The number of halogens is 2. The van der Waals surface area contributed by atoms with Crippen LogP contribution in [0.1, 0.15) is 46.8 Å². The molecule has 0 aromatic heterocycles. The van der Waals surface area contributed by atoms with Gasteiger partial charge in [-0.2, -0.15) is 8.78 Å². The van der Waals surface area contributed by atoms with Crippen LogP contribution in [0.15, 0.2) is 36.4 Å². The molecule has 2 aliphatic rings. The number of aliphatic hydroxyl groups is 1. The molecule has 146 valence electrons. The van der Waals surface area contributed by atoms with Gasteiger partial charge in [-0.25, -0.2) is 0 Å². The van der Waals surface area contributed by atoms with Crippen molar-refractivity contribution < 1.29 is 28.2 Å². The van der Waals surface area contributed by atoms with E-state index in [1.54, 1.807) is 6.07 Å². The second kappa shape index (κ2) is 5.29. The number of alkyl halides is 2. The zero-order chi connectivity index (χ0) is 20.6. The molecule has 2 unspecified atom stereocenters. The van der Waals surface area contributed by atoms with Gasteiger partial charge < -0.3 is 21.3 Å². The first-order valence-electron chi connectivity index (χ1n) is 8.67. The van der Waals surface area contributed by atoms with Crippen LogP contribution in [0.5, 0.6) is 5.75 Å². The SMILES string of the molecule is CC(C)c1ccc2c(c1)OC1(O)c3cccc(N)c3C(=O)C21C(F)(F)C(N)=O. The van der Waals surface area contributed by atoms with Crippen LogP contribution in [-0.2, 0) is 16.0 Å². The van der Waals surface area contributed by atoms with E-state index >= 15 is 8.78 Å². The van der Waals surface area contributed by atoms with Crippen molar-refractivity contribution in [3.8, 4) is 5.75 Å². The highest BCUT2D eigenvalue weighted by Crippen LogP contribution is 2.65. The van der Waals surface area contributed by atoms with Gasteiger partial charge in [0.1, 0.15) is 5.75 Å². The number of hydrogen-bond acceptors (Lipinski definition) is 5. The van der Waals surface area contributed by atoms with Gasteiger partial charge in [-0.1, -0.05) is 38.1 Å². The fourth-order valence-corrected chi connectivity index (χ4v) is 4.25. The van der Waals surface area contributed by atoms with Crippen molar-refractivity contribution in [2.75, 3.05) is 5.73 Å². The van der Waals surface area contributed by atoms with Crippen molar-refractivity contribution in [1.82, 2.24) is 0 Å². The highest BCUT2D eigenvalue weighted by atomic mass is 19.3. The molecule has 0 bridgehead atoms. The first-order chi connectivity index (χ1) is 13.0. The Morgan fingerprint density at radius 3 is 2.50 bits per heavy atom. The van der Waals surface area contributed by atoms with E-state index in [1.165, 1.54) is 30.3 Å². The fourth-order valence-electron chi connectivity index (χ4n) is 4.25. The number of nitrogens with two attached hydrogens (primary N) is 2. The first-order valence-corrected chi connectivity index (χ1v) is 8.67. The number of nitrogen functional groups attached to an aromatic ring is 1. The van der Waals surface area contributed by atoms with E-state index in [9.17, 15) is 14.7 Å². The third-order valence-corrected chi connectivity index (χ3v) is 5.65. The molecule has 1 amide bonds. The van der Waals surface area contributed by atoms with Crippen LogP contribution >= 0.6 is 0 Å². The van der Waals surface area contributed by atoms with Gasteiger partial charge >= 0.3 is 5.92 Å². The smallest absolute Gasteiger partial charge is 0.347 e. The lowest BCUT2D eigenvalue weighted by Crippen LogP contribution is -2.64. The predicted molar refractivity (Wildman–Crippen MR) is 96.1 cm³/mol. The molecule has 8 heteroatoms. The van der Waals surface area contributed by atoms with Gasteiger partial charge in [0.15, 0.2) is 5.78 Å². The summed E-state index contributed by atoms with van der Waals surface area (Å²) in [6, 6.07) is 8.34. The van der Waals surface area contributed by atoms with Gasteiger partial charge in [0.05, 0.1) is 5.56 Å². The van der Waals surface area contributed by atoms with Crippen molar-refractivity contribution in [3.63, 3.8) is 0 Å². The maximum absolute atomic E-state index is 15.4. The summed E-state index contributed by atoms with van der Waals surface area (Å²) in [6.07, 6.45) is 0. The number of ether oxygens (including phenoxy) is 1. The molecule has 5 N–H and O–H groups in total. The van der Waals surface area contributed by atoms with E-state index in [2.05, 4.69) is 0 Å². The molecule has 0 fully saturated rings. The van der Waals surface area contributed by atoms with Crippen molar-refractivity contribution >= 4 is 17.4 Å². The molecule has 6 nitrogen and oxygen atoms in total. The number of Topliss-reactive ketones (excluding diaryl/α,β-unsaturated/α-hetero) is 1. The Hall–Kier alpha value is -3.00. The van der Waals surface area contributed by atoms with Crippen molar-refractivity contribution in [2.45, 2.75) is 36.9 Å². The summed E-state index contributed by atoms with van der Waals surface area (Å²) in [4.78, 5) is 25.1. The molecular weight excluding hydrogens is 370 g/mol. The average Bonchev–Trinajstić information content (AvgIpc) is 3.00. The summed E-state index contributed by atoms with van der Waals surface area (Å²) >= 11 is 0. The van der Waals surface area contributed by atoms with Crippen LogP contribution in [0.2, 0.25) is 0 Å². The lowest BCUT2D eigenvalue weighted by Gasteiger charge is -2.37. The highest BCUT2D eigenvalue weighted by molar-refractivity contribution is 6.17. The van der Waals surface area contributed by atoms with Gasteiger partial charge in [0, 0.05) is 16.8 Å². The minimum Gasteiger partial charge on any atom is -0.456 e. The molecule has 2 aromatic rings. The zero-order valence-corrected chi connectivity index (χ0v) is 15.1. The quantitative estimate of drug-likeness (QED) is 0.697. The van der Waals surface area contributed by atoms with E-state index in [0.717, 1.165) is 5.56 Å². The van der Waals surface area contributed by atoms with Gasteiger partial charge in [0.25, 0.3) is 11.7 Å². The minimum absolute atomic E-state index is 0.0372. The molecular formula is C20H18F2N2O4. The molecule has 1 aliphatic carbocycles. The predicted octanol–water partition coefficient (Wildman–Crippen LogP) is 2.18. The van der Waals surface area contributed by atoms with Crippen LogP contribution in [0, 0.1) is 0 Å². The second-order valence-electron chi connectivity index (χ2n) is 7.44. The molecule has 0 spiro atoms. The summed E-state index contributed by atoms with van der Waals surface area (Å²) < 4.78 is 36.3. The summed E-state index contributed by atoms with van der Waals surface area (Å²) in [7, 11) is 0. The summed E-state index contributed by atoms with van der Waals surface area (Å²) in [5, 5.41) is 11.4. The third kappa shape index (κ3) is 1.78. The van der Waals surface area contributed by atoms with E-state index in [0.29, 0.717) is 0 Å². The van der Waals surface area contributed by atoms with Gasteiger partial charge in [-0.3, -0.25) is 9.59 Å². The molecule has 1 aliphatic heterocycles. The Morgan fingerprint density at radius 1 is 1.21 bits per heavy atom. The maximum atomic E-state index is 15.4. The van der Waals surface area contributed by atoms with Gasteiger partial charge in [-0.05, 0) is 23.6 Å². The Kier molecular flexibility index (Phi) is 3.47. The lowest BCUT2D eigenvalue weighted by atomic mass is 9.68. The maximum Gasteiger partial charge on any atom is 0.347 e. The Labute approximate surface area is 159 Å². The Morgan fingerprint density at radius 2 is 1.89 bits per heavy atom. The lowest BCUT2D eigenvalue weighted by molar-refractivity contribution is -0.222. The molecule has 0 saturated heterocycles. The molecule has 4 rings (SSSR count). The van der Waals surface area contributed by atoms with Crippen LogP contribution in [0.4, 0.5) is 14.5 Å². The monoisotopic (exact) mass is 388 g/mol. The van der Waals surface area contributed by atoms with Crippen molar-refractivity contribution in [2.24, 2.45) is 5.73 Å². The Bertz CT molecular complexity index is 1050. The second-order valence-corrected chi connectivity index (χ2v) is 7.44. The molecule has 0 radical (unpaired) electrons. The molecule has 0 saturated carbocycles. The molecule has 1 heterocycles. The van der Waals surface area contributed by atoms with Crippen LogP contribution in [0.25, 0.3) is 0 Å². The molecule has 28 heavy (non-hydrogen) atoms. The first kappa shape index (κ1) is 18.4. The Balaban J connectivity index is 2.12. The largest absolute Gasteiger partial charge is 0.456 e. The van der Waals surface area contributed by atoms with Crippen molar-refractivity contribution in [3.05, 3.63) is 58.7 Å². The normalized spacial score (nSPS) is 25.3. The topological polar surface area (TPSA) is 116 Å². The van der Waals surface area contributed by atoms with E-state index in [-0.39, 0.29) is 34.0 Å². The number of ketones is 1. The number of benzene rings is 2. The molecule has 2 aromatic carbocycles. The van der Waals surface area contributed by atoms with Gasteiger partial charge in [-0.15, -0.1) is 0 Å². The van der Waals surface area contributed by atoms with Crippen LogP contribution in [0.3, 0.4) is 0 Å². The molecule has 2 atom stereocenters. The minimum atomic E-state index is -4.45. The number of carbonyl (C=O) groups excluding carboxylic acids is 2.